The van der Waals surface area contributed by atoms with Crippen LogP contribution in [0, 0.1) is 0 Å². The lowest BCUT2D eigenvalue weighted by Crippen LogP contribution is -2.16. The zero-order valence-corrected chi connectivity index (χ0v) is 8.29. The van der Waals surface area contributed by atoms with E-state index in [2.05, 4.69) is 9.97 Å². The van der Waals surface area contributed by atoms with Gasteiger partial charge in [-0.15, -0.1) is 0 Å². The van der Waals surface area contributed by atoms with Crippen LogP contribution in [-0.2, 0) is 19.3 Å². The lowest BCUT2D eigenvalue weighted by atomic mass is 9.94. The van der Waals surface area contributed by atoms with Crippen LogP contribution < -0.4 is 11.5 Å². The van der Waals surface area contributed by atoms with Crippen LogP contribution in [0.15, 0.2) is 0 Å². The molecule has 0 amide bonds. The number of aromatic nitrogens is 2. The summed E-state index contributed by atoms with van der Waals surface area (Å²) in [5, 5.41) is 0. The van der Waals surface area contributed by atoms with Gasteiger partial charge in [0.05, 0.1) is 5.69 Å². The van der Waals surface area contributed by atoms with E-state index in [1.807, 2.05) is 0 Å². The second kappa shape index (κ2) is 3.92. The quantitative estimate of drug-likeness (QED) is 0.712. The number of anilines is 1. The van der Waals surface area contributed by atoms with Crippen LogP contribution in [0.4, 0.5) is 5.95 Å². The Morgan fingerprint density at radius 1 is 1.14 bits per heavy atom. The fourth-order valence-electron chi connectivity index (χ4n) is 2.04. The number of hydrogen-bond acceptors (Lipinski definition) is 4. The van der Waals surface area contributed by atoms with Crippen LogP contribution >= 0.6 is 0 Å². The Morgan fingerprint density at radius 3 is 2.71 bits per heavy atom. The van der Waals surface area contributed by atoms with Crippen LogP contribution in [0.25, 0.3) is 0 Å². The summed E-state index contributed by atoms with van der Waals surface area (Å²) >= 11 is 0. The zero-order chi connectivity index (χ0) is 9.97. The van der Waals surface area contributed by atoms with Crippen LogP contribution in [0.1, 0.15) is 29.8 Å². The van der Waals surface area contributed by atoms with Crippen molar-refractivity contribution in [2.24, 2.45) is 5.73 Å². The first-order valence-electron chi connectivity index (χ1n) is 5.15. The van der Waals surface area contributed by atoms with Gasteiger partial charge in [-0.3, -0.25) is 0 Å². The molecule has 0 aromatic carbocycles. The van der Waals surface area contributed by atoms with E-state index in [4.69, 9.17) is 11.5 Å². The summed E-state index contributed by atoms with van der Waals surface area (Å²) in [4.78, 5) is 8.55. The van der Waals surface area contributed by atoms with E-state index < -0.39 is 0 Å². The van der Waals surface area contributed by atoms with E-state index in [1.54, 1.807) is 0 Å². The highest BCUT2D eigenvalue weighted by Crippen LogP contribution is 2.22. The summed E-state index contributed by atoms with van der Waals surface area (Å²) in [5.41, 5.74) is 14.7. The minimum Gasteiger partial charge on any atom is -0.368 e. The summed E-state index contributed by atoms with van der Waals surface area (Å²) in [5.74, 6) is 0.397. The van der Waals surface area contributed by atoms with Gasteiger partial charge in [0.25, 0.3) is 0 Å². The van der Waals surface area contributed by atoms with Crippen molar-refractivity contribution in [3.63, 3.8) is 0 Å². The summed E-state index contributed by atoms with van der Waals surface area (Å²) < 4.78 is 0. The SMILES string of the molecule is NCCc1nc(N)nc2c1CCCC2. The average Bonchev–Trinajstić information content (AvgIpc) is 2.18. The normalized spacial score (nSPS) is 15.2. The predicted molar refractivity (Wildman–Crippen MR) is 55.8 cm³/mol. The molecular formula is C10H16N4. The molecule has 1 aliphatic carbocycles. The fraction of sp³-hybridized carbons (Fsp3) is 0.600. The number of nitrogens with two attached hydrogens (primary N) is 2. The monoisotopic (exact) mass is 192 g/mol. The Kier molecular flexibility index (Phi) is 2.63. The van der Waals surface area contributed by atoms with Crippen molar-refractivity contribution in [2.75, 3.05) is 12.3 Å². The first-order chi connectivity index (χ1) is 6.81. The summed E-state index contributed by atoms with van der Waals surface area (Å²) in [6, 6.07) is 0. The predicted octanol–water partition coefficient (Wildman–Crippen LogP) is 0.439. The van der Waals surface area contributed by atoms with Crippen LogP contribution in [0.5, 0.6) is 0 Å². The number of hydrogen-bond donors (Lipinski definition) is 2. The Balaban J connectivity index is 2.41. The zero-order valence-electron chi connectivity index (χ0n) is 8.29. The van der Waals surface area contributed by atoms with Crippen LogP contribution in [0.2, 0.25) is 0 Å². The average molecular weight is 192 g/mol. The van der Waals surface area contributed by atoms with Crippen molar-refractivity contribution in [3.8, 4) is 0 Å². The maximum absolute atomic E-state index is 5.65. The second-order valence-electron chi connectivity index (χ2n) is 3.70. The molecule has 1 heterocycles. The minimum absolute atomic E-state index is 0.397. The van der Waals surface area contributed by atoms with E-state index in [1.165, 1.54) is 18.4 Å². The van der Waals surface area contributed by atoms with Gasteiger partial charge in [0, 0.05) is 12.1 Å². The molecule has 0 saturated carbocycles. The van der Waals surface area contributed by atoms with E-state index in [0.29, 0.717) is 12.5 Å². The molecule has 4 N–H and O–H groups in total. The molecule has 0 saturated heterocycles. The number of nitrogens with zero attached hydrogens (tertiary/aromatic N) is 2. The Bertz CT molecular complexity index is 335. The molecule has 4 heteroatoms. The summed E-state index contributed by atoms with van der Waals surface area (Å²) in [6.45, 7) is 0.628. The smallest absolute Gasteiger partial charge is 0.220 e. The molecule has 0 aliphatic heterocycles. The van der Waals surface area contributed by atoms with Gasteiger partial charge >= 0.3 is 0 Å². The molecule has 0 bridgehead atoms. The Hall–Kier alpha value is -1.16. The number of fused-ring (bicyclic) bond motifs is 1. The number of rotatable bonds is 2. The lowest BCUT2D eigenvalue weighted by Gasteiger charge is -2.17. The van der Waals surface area contributed by atoms with E-state index >= 15 is 0 Å². The minimum atomic E-state index is 0.397. The topological polar surface area (TPSA) is 77.8 Å². The van der Waals surface area contributed by atoms with Gasteiger partial charge in [-0.1, -0.05) is 0 Å². The molecule has 4 nitrogen and oxygen atoms in total. The van der Waals surface area contributed by atoms with Crippen molar-refractivity contribution in [1.29, 1.82) is 0 Å². The molecule has 0 unspecified atom stereocenters. The van der Waals surface area contributed by atoms with Gasteiger partial charge in [-0.2, -0.15) is 0 Å². The molecular weight excluding hydrogens is 176 g/mol. The largest absolute Gasteiger partial charge is 0.368 e. The van der Waals surface area contributed by atoms with E-state index in [-0.39, 0.29) is 0 Å². The Morgan fingerprint density at radius 2 is 1.93 bits per heavy atom. The van der Waals surface area contributed by atoms with Crippen molar-refractivity contribution >= 4 is 5.95 Å². The van der Waals surface area contributed by atoms with Crippen molar-refractivity contribution < 1.29 is 0 Å². The van der Waals surface area contributed by atoms with Gasteiger partial charge in [-0.25, -0.2) is 9.97 Å². The third-order valence-corrected chi connectivity index (χ3v) is 2.67. The van der Waals surface area contributed by atoms with Gasteiger partial charge in [-0.05, 0) is 37.8 Å². The molecule has 2 rings (SSSR count). The van der Waals surface area contributed by atoms with Gasteiger partial charge in [0.2, 0.25) is 5.95 Å². The molecule has 1 aliphatic rings. The van der Waals surface area contributed by atoms with Crippen LogP contribution in [0.3, 0.4) is 0 Å². The molecule has 0 radical (unpaired) electrons. The van der Waals surface area contributed by atoms with Gasteiger partial charge < -0.3 is 11.5 Å². The maximum atomic E-state index is 5.65. The summed E-state index contributed by atoms with van der Waals surface area (Å²) in [7, 11) is 0. The first kappa shape index (κ1) is 9.40. The van der Waals surface area contributed by atoms with Gasteiger partial charge in [0.15, 0.2) is 0 Å². The third-order valence-electron chi connectivity index (χ3n) is 2.67. The first-order valence-corrected chi connectivity index (χ1v) is 5.15. The molecule has 76 valence electrons. The van der Waals surface area contributed by atoms with E-state index in [9.17, 15) is 0 Å². The van der Waals surface area contributed by atoms with Crippen molar-refractivity contribution in [1.82, 2.24) is 9.97 Å². The molecule has 14 heavy (non-hydrogen) atoms. The lowest BCUT2D eigenvalue weighted by molar-refractivity contribution is 0.652. The molecule has 0 spiro atoms. The van der Waals surface area contributed by atoms with Crippen LogP contribution in [-0.4, -0.2) is 16.5 Å². The number of aryl methyl sites for hydroxylation is 1. The Labute approximate surface area is 83.7 Å². The highest BCUT2D eigenvalue weighted by Gasteiger charge is 2.16. The highest BCUT2D eigenvalue weighted by atomic mass is 15.0. The van der Waals surface area contributed by atoms with Crippen molar-refractivity contribution in [2.45, 2.75) is 32.1 Å². The third kappa shape index (κ3) is 1.70. The molecule has 1 aromatic rings. The van der Waals surface area contributed by atoms with E-state index in [0.717, 1.165) is 30.7 Å². The molecule has 1 aromatic heterocycles. The summed E-state index contributed by atoms with van der Waals surface area (Å²) in [6.07, 6.45) is 5.39. The second-order valence-corrected chi connectivity index (χ2v) is 3.70. The number of nitrogen functional groups attached to an aromatic ring is 1. The molecule has 0 fully saturated rings. The highest BCUT2D eigenvalue weighted by molar-refractivity contribution is 5.33. The van der Waals surface area contributed by atoms with Gasteiger partial charge in [0.1, 0.15) is 0 Å². The van der Waals surface area contributed by atoms with Crippen molar-refractivity contribution in [3.05, 3.63) is 17.0 Å². The molecule has 0 atom stereocenters. The maximum Gasteiger partial charge on any atom is 0.220 e. The standard InChI is InChI=1S/C10H16N4/c11-6-5-9-7-3-1-2-4-8(7)13-10(12)14-9/h1-6,11H2,(H2,12,13,14). The fourth-order valence-corrected chi connectivity index (χ4v) is 2.04.